The van der Waals surface area contributed by atoms with E-state index in [4.69, 9.17) is 14.2 Å². The van der Waals surface area contributed by atoms with Crippen LogP contribution < -0.4 is 5.32 Å². The fourth-order valence-corrected chi connectivity index (χ4v) is 3.77. The second kappa shape index (κ2) is 13.8. The van der Waals surface area contributed by atoms with Crippen molar-refractivity contribution in [2.75, 3.05) is 26.4 Å². The smallest absolute Gasteiger partial charge is 0.338 e. The quantitative estimate of drug-likeness (QED) is 0.226. The molecule has 0 spiro atoms. The minimum atomic E-state index is -1.05. The van der Waals surface area contributed by atoms with Crippen LogP contribution in [0.25, 0.3) is 0 Å². The molecular weight excluding hydrogens is 474 g/mol. The van der Waals surface area contributed by atoms with Gasteiger partial charge in [0.1, 0.15) is 19.8 Å². The Morgan fingerprint density at radius 2 is 1.27 bits per heavy atom. The molecule has 0 saturated heterocycles. The van der Waals surface area contributed by atoms with Crippen molar-refractivity contribution >= 4 is 23.8 Å². The molecule has 1 amide bonds. The SMILES string of the molecule is C=CC(=O)OCC(COC(=O)C=C)(COC(=O)c1ccccc1C(=O)NCCC(C)(C)C)CC(C)(C)C. The fourth-order valence-electron chi connectivity index (χ4n) is 3.77. The van der Waals surface area contributed by atoms with E-state index in [0.717, 1.165) is 18.6 Å². The molecule has 0 bridgehead atoms. The number of ether oxygens (including phenoxy) is 3. The van der Waals surface area contributed by atoms with E-state index >= 15 is 0 Å². The second-order valence-electron chi connectivity index (χ2n) is 11.5. The number of amides is 1. The molecule has 1 aromatic carbocycles. The molecular formula is C29H41NO7. The second-order valence-corrected chi connectivity index (χ2v) is 11.5. The Hall–Kier alpha value is -3.42. The van der Waals surface area contributed by atoms with Gasteiger partial charge >= 0.3 is 17.9 Å². The van der Waals surface area contributed by atoms with Crippen LogP contribution in [0.1, 0.15) is 75.1 Å². The first-order chi connectivity index (χ1) is 17.1. The Bertz CT molecular complexity index is 959. The number of hydrogen-bond donors (Lipinski definition) is 1. The van der Waals surface area contributed by atoms with Gasteiger partial charge in [0.05, 0.1) is 16.5 Å². The maximum atomic E-state index is 13.2. The highest BCUT2D eigenvalue weighted by Gasteiger charge is 2.39. The number of rotatable bonds is 13. The zero-order valence-corrected chi connectivity index (χ0v) is 23.0. The number of carbonyl (C=O) groups is 4. The Morgan fingerprint density at radius 3 is 1.73 bits per heavy atom. The molecule has 37 heavy (non-hydrogen) atoms. The van der Waals surface area contributed by atoms with Crippen molar-refractivity contribution in [2.24, 2.45) is 16.2 Å². The summed E-state index contributed by atoms with van der Waals surface area (Å²) < 4.78 is 16.3. The van der Waals surface area contributed by atoms with E-state index in [1.807, 2.05) is 20.8 Å². The summed E-state index contributed by atoms with van der Waals surface area (Å²) in [6.07, 6.45) is 3.21. The van der Waals surface area contributed by atoms with Gasteiger partial charge in [-0.3, -0.25) is 4.79 Å². The highest BCUT2D eigenvalue weighted by atomic mass is 16.6. The molecule has 0 heterocycles. The zero-order valence-electron chi connectivity index (χ0n) is 23.0. The van der Waals surface area contributed by atoms with Crippen molar-refractivity contribution < 1.29 is 33.4 Å². The van der Waals surface area contributed by atoms with Gasteiger partial charge in [-0.15, -0.1) is 0 Å². The van der Waals surface area contributed by atoms with Crippen LogP contribution in [-0.2, 0) is 23.8 Å². The van der Waals surface area contributed by atoms with E-state index in [1.165, 1.54) is 6.07 Å². The third-order valence-electron chi connectivity index (χ3n) is 5.34. The van der Waals surface area contributed by atoms with Crippen molar-refractivity contribution in [3.8, 4) is 0 Å². The van der Waals surface area contributed by atoms with Gasteiger partial charge in [-0.1, -0.05) is 66.8 Å². The standard InChI is InChI=1S/C29H41NO7/c1-9-23(31)35-18-29(17-28(6,7)8,19-36-24(32)10-2)20-37-26(34)22-14-12-11-13-21(22)25(33)30-16-15-27(3,4)5/h9-14H,1-2,15-20H2,3-8H3,(H,30,33). The van der Waals surface area contributed by atoms with E-state index in [1.54, 1.807) is 18.2 Å². The van der Waals surface area contributed by atoms with Crippen molar-refractivity contribution in [1.29, 1.82) is 0 Å². The van der Waals surface area contributed by atoms with Crippen LogP contribution in [0, 0.1) is 16.2 Å². The summed E-state index contributed by atoms with van der Waals surface area (Å²) >= 11 is 0. The average molecular weight is 516 g/mol. The van der Waals surface area contributed by atoms with E-state index in [0.29, 0.717) is 13.0 Å². The normalized spacial score (nSPS) is 11.7. The molecule has 8 nitrogen and oxygen atoms in total. The summed E-state index contributed by atoms with van der Waals surface area (Å²) in [5.41, 5.74) is -1.01. The Balaban J connectivity index is 3.17. The van der Waals surface area contributed by atoms with Gasteiger partial charge in [-0.25, -0.2) is 14.4 Å². The van der Waals surface area contributed by atoms with Crippen molar-refractivity contribution in [2.45, 2.75) is 54.4 Å². The molecule has 1 aromatic rings. The van der Waals surface area contributed by atoms with Gasteiger partial charge in [-0.2, -0.15) is 0 Å². The number of hydrogen-bond acceptors (Lipinski definition) is 7. The molecule has 0 aliphatic rings. The van der Waals surface area contributed by atoms with Gasteiger partial charge in [0, 0.05) is 18.7 Å². The third-order valence-corrected chi connectivity index (χ3v) is 5.34. The van der Waals surface area contributed by atoms with Crippen LogP contribution in [0.4, 0.5) is 0 Å². The summed E-state index contributed by atoms with van der Waals surface area (Å²) in [5.74, 6) is -2.41. The lowest BCUT2D eigenvalue weighted by Gasteiger charge is -2.37. The van der Waals surface area contributed by atoms with E-state index in [2.05, 4.69) is 39.2 Å². The molecule has 0 aliphatic heterocycles. The summed E-state index contributed by atoms with van der Waals surface area (Å²) in [6, 6.07) is 6.39. The molecule has 0 aromatic heterocycles. The number of nitrogens with one attached hydrogen (secondary N) is 1. The van der Waals surface area contributed by atoms with E-state index in [-0.39, 0.29) is 47.7 Å². The zero-order chi connectivity index (χ0) is 28.3. The summed E-state index contributed by atoms with van der Waals surface area (Å²) in [4.78, 5) is 49.6. The molecule has 0 aliphatic carbocycles. The van der Waals surface area contributed by atoms with Crippen LogP contribution in [-0.4, -0.2) is 50.2 Å². The largest absolute Gasteiger partial charge is 0.462 e. The molecule has 0 radical (unpaired) electrons. The predicted octanol–water partition coefficient (Wildman–Crippen LogP) is 4.89. The maximum Gasteiger partial charge on any atom is 0.338 e. The molecule has 204 valence electrons. The van der Waals surface area contributed by atoms with Gasteiger partial charge in [-0.05, 0) is 35.8 Å². The third kappa shape index (κ3) is 11.9. The molecule has 8 heteroatoms. The summed E-state index contributed by atoms with van der Waals surface area (Å²) in [5, 5.41) is 2.85. The highest BCUT2D eigenvalue weighted by Crippen LogP contribution is 2.35. The molecule has 1 rings (SSSR count). The summed E-state index contributed by atoms with van der Waals surface area (Å²) in [7, 11) is 0. The predicted molar refractivity (Wildman–Crippen MR) is 142 cm³/mol. The molecule has 0 saturated carbocycles. The van der Waals surface area contributed by atoms with Crippen LogP contribution in [0.3, 0.4) is 0 Å². The average Bonchev–Trinajstić information content (AvgIpc) is 2.82. The lowest BCUT2D eigenvalue weighted by Crippen LogP contribution is -2.42. The molecule has 1 N–H and O–H groups in total. The van der Waals surface area contributed by atoms with E-state index in [9.17, 15) is 19.2 Å². The maximum absolute atomic E-state index is 13.2. The first-order valence-corrected chi connectivity index (χ1v) is 12.2. The van der Waals surface area contributed by atoms with Crippen LogP contribution >= 0.6 is 0 Å². The Morgan fingerprint density at radius 1 is 0.784 bits per heavy atom. The van der Waals surface area contributed by atoms with Crippen molar-refractivity contribution in [3.05, 3.63) is 60.7 Å². The topological polar surface area (TPSA) is 108 Å². The van der Waals surface area contributed by atoms with Crippen molar-refractivity contribution in [1.82, 2.24) is 5.32 Å². The van der Waals surface area contributed by atoms with Gasteiger partial charge in [0.2, 0.25) is 0 Å². The number of benzene rings is 1. The van der Waals surface area contributed by atoms with Gasteiger partial charge in [0.25, 0.3) is 5.91 Å². The first-order valence-electron chi connectivity index (χ1n) is 12.2. The minimum Gasteiger partial charge on any atom is -0.462 e. The number of esters is 3. The number of carbonyl (C=O) groups excluding carboxylic acids is 4. The monoisotopic (exact) mass is 515 g/mol. The molecule has 0 unspecified atom stereocenters. The minimum absolute atomic E-state index is 0.0478. The lowest BCUT2D eigenvalue weighted by molar-refractivity contribution is -0.152. The van der Waals surface area contributed by atoms with Crippen LogP contribution in [0.2, 0.25) is 0 Å². The van der Waals surface area contributed by atoms with Gasteiger partial charge in [0.15, 0.2) is 0 Å². The van der Waals surface area contributed by atoms with Crippen LogP contribution in [0.5, 0.6) is 0 Å². The van der Waals surface area contributed by atoms with E-state index < -0.39 is 23.3 Å². The highest BCUT2D eigenvalue weighted by molar-refractivity contribution is 6.05. The Labute approximate surface area is 220 Å². The molecule has 0 atom stereocenters. The van der Waals surface area contributed by atoms with Crippen LogP contribution in [0.15, 0.2) is 49.6 Å². The van der Waals surface area contributed by atoms with Gasteiger partial charge < -0.3 is 19.5 Å². The lowest BCUT2D eigenvalue weighted by atomic mass is 9.75. The summed E-state index contributed by atoms with van der Waals surface area (Å²) in [6.45, 7) is 18.8. The fraction of sp³-hybridized carbons (Fsp3) is 0.517. The first kappa shape index (κ1) is 31.6. The Kier molecular flexibility index (Phi) is 11.8. The van der Waals surface area contributed by atoms with Crippen molar-refractivity contribution in [3.63, 3.8) is 0 Å². The molecule has 0 fully saturated rings.